The number of esters is 1. The number of nitrogens with one attached hydrogen (secondary N) is 1. The molecular weight excluding hydrogens is 289 g/mol. The number of carbonyl (C=O) groups is 1. The van der Waals surface area contributed by atoms with E-state index in [2.05, 4.69) is 16.3 Å². The molecule has 0 heterocycles. The molecule has 0 saturated heterocycles. The number of ether oxygens (including phenoxy) is 1. The van der Waals surface area contributed by atoms with Crippen LogP contribution in [0.25, 0.3) is 0 Å². The van der Waals surface area contributed by atoms with Gasteiger partial charge in [0.25, 0.3) is 0 Å². The summed E-state index contributed by atoms with van der Waals surface area (Å²) < 4.78 is 18.4. The molecule has 2 atom stereocenters. The number of hydrogen-bond acceptors (Lipinski definition) is 4. The third kappa shape index (κ3) is 4.20. The zero-order valence-electron chi connectivity index (χ0n) is 12.5. The van der Waals surface area contributed by atoms with E-state index in [4.69, 9.17) is 0 Å². The van der Waals surface area contributed by atoms with Gasteiger partial charge in [-0.05, 0) is 36.8 Å². The van der Waals surface area contributed by atoms with Crippen molar-refractivity contribution in [3.05, 3.63) is 35.1 Å². The molecular formula is C16H22FNO2S. The van der Waals surface area contributed by atoms with Crippen molar-refractivity contribution in [3.63, 3.8) is 0 Å². The fraction of sp³-hybridized carbons (Fsp3) is 0.562. The molecule has 21 heavy (non-hydrogen) atoms. The maximum Gasteiger partial charge on any atom is 0.340 e. The number of carbonyl (C=O) groups excluding carboxylic acids is 1. The Morgan fingerprint density at radius 1 is 1.43 bits per heavy atom. The van der Waals surface area contributed by atoms with Crippen LogP contribution in [0.1, 0.15) is 41.6 Å². The lowest BCUT2D eigenvalue weighted by molar-refractivity contribution is 0.0595. The maximum absolute atomic E-state index is 13.9. The first kappa shape index (κ1) is 16.3. The van der Waals surface area contributed by atoms with E-state index in [1.165, 1.54) is 44.9 Å². The Hall–Kier alpha value is -1.07. The summed E-state index contributed by atoms with van der Waals surface area (Å²) in [6.45, 7) is 0.625. The molecule has 1 saturated carbocycles. The molecule has 3 nitrogen and oxygen atoms in total. The predicted octanol–water partition coefficient (Wildman–Crippen LogP) is 3.38. The second-order valence-electron chi connectivity index (χ2n) is 5.35. The molecule has 0 radical (unpaired) electrons. The molecule has 1 aromatic carbocycles. The van der Waals surface area contributed by atoms with Gasteiger partial charge in [0.15, 0.2) is 0 Å². The summed E-state index contributed by atoms with van der Waals surface area (Å²) in [5.41, 5.74) is 0.839. The number of rotatable bonds is 5. The Kier molecular flexibility index (Phi) is 6.06. The van der Waals surface area contributed by atoms with Crippen LogP contribution in [-0.2, 0) is 11.3 Å². The summed E-state index contributed by atoms with van der Waals surface area (Å²) in [5.74, 6) is -1.16. The second-order valence-corrected chi connectivity index (χ2v) is 6.43. The monoisotopic (exact) mass is 311 g/mol. The zero-order chi connectivity index (χ0) is 15.2. The van der Waals surface area contributed by atoms with Crippen molar-refractivity contribution in [2.75, 3.05) is 13.4 Å². The molecule has 1 aromatic rings. The number of thioether (sulfide) groups is 1. The van der Waals surface area contributed by atoms with Crippen molar-refractivity contribution in [2.45, 2.75) is 43.5 Å². The number of halogens is 1. The highest BCUT2D eigenvalue weighted by atomic mass is 32.2. The molecule has 0 bridgehead atoms. The third-order valence-electron chi connectivity index (χ3n) is 4.01. The molecule has 0 aliphatic heterocycles. The van der Waals surface area contributed by atoms with Crippen molar-refractivity contribution in [3.8, 4) is 0 Å². The van der Waals surface area contributed by atoms with Crippen LogP contribution in [0.2, 0.25) is 0 Å². The Morgan fingerprint density at radius 2 is 2.19 bits per heavy atom. The predicted molar refractivity (Wildman–Crippen MR) is 84.1 cm³/mol. The fourth-order valence-corrected chi connectivity index (χ4v) is 3.77. The molecule has 1 aliphatic carbocycles. The van der Waals surface area contributed by atoms with Crippen LogP contribution < -0.4 is 5.32 Å². The second kappa shape index (κ2) is 7.80. The van der Waals surface area contributed by atoms with Crippen LogP contribution in [0.3, 0.4) is 0 Å². The van der Waals surface area contributed by atoms with E-state index >= 15 is 0 Å². The van der Waals surface area contributed by atoms with Crippen LogP contribution in [-0.4, -0.2) is 30.6 Å². The van der Waals surface area contributed by atoms with Crippen molar-refractivity contribution in [1.82, 2.24) is 5.32 Å². The van der Waals surface area contributed by atoms with Gasteiger partial charge in [-0.1, -0.05) is 18.9 Å². The summed E-state index contributed by atoms with van der Waals surface area (Å²) >= 11 is 1.90. The van der Waals surface area contributed by atoms with E-state index < -0.39 is 11.8 Å². The molecule has 1 aliphatic rings. The van der Waals surface area contributed by atoms with Gasteiger partial charge in [0, 0.05) is 17.8 Å². The Morgan fingerprint density at radius 3 is 2.86 bits per heavy atom. The van der Waals surface area contributed by atoms with Gasteiger partial charge in [0.2, 0.25) is 0 Å². The van der Waals surface area contributed by atoms with Gasteiger partial charge in [0.05, 0.1) is 12.7 Å². The molecule has 1 fully saturated rings. The lowest BCUT2D eigenvalue weighted by Crippen LogP contribution is -2.39. The maximum atomic E-state index is 13.9. The van der Waals surface area contributed by atoms with Gasteiger partial charge < -0.3 is 10.1 Å². The lowest BCUT2D eigenvalue weighted by atomic mass is 9.94. The number of benzene rings is 1. The minimum Gasteiger partial charge on any atom is -0.465 e. The van der Waals surface area contributed by atoms with Gasteiger partial charge in [-0.25, -0.2) is 9.18 Å². The molecule has 116 valence electrons. The van der Waals surface area contributed by atoms with Gasteiger partial charge in [-0.15, -0.1) is 0 Å². The van der Waals surface area contributed by atoms with Crippen molar-refractivity contribution in [1.29, 1.82) is 0 Å². The molecule has 0 spiro atoms. The molecule has 0 aromatic heterocycles. The van der Waals surface area contributed by atoms with Gasteiger partial charge in [0.1, 0.15) is 5.82 Å². The Balaban J connectivity index is 1.97. The largest absolute Gasteiger partial charge is 0.465 e. The lowest BCUT2D eigenvalue weighted by Gasteiger charge is -2.31. The quantitative estimate of drug-likeness (QED) is 0.846. The summed E-state index contributed by atoms with van der Waals surface area (Å²) in [5, 5.41) is 4.16. The van der Waals surface area contributed by atoms with Gasteiger partial charge in [-0.3, -0.25) is 0 Å². The first-order chi connectivity index (χ1) is 10.2. The van der Waals surface area contributed by atoms with E-state index in [1.54, 1.807) is 6.07 Å². The Labute approximate surface area is 129 Å². The van der Waals surface area contributed by atoms with E-state index in [-0.39, 0.29) is 5.56 Å². The molecule has 2 rings (SSSR count). The van der Waals surface area contributed by atoms with Crippen LogP contribution >= 0.6 is 11.8 Å². The van der Waals surface area contributed by atoms with Crippen molar-refractivity contribution in [2.24, 2.45) is 0 Å². The van der Waals surface area contributed by atoms with E-state index in [0.29, 0.717) is 17.8 Å². The summed E-state index contributed by atoms with van der Waals surface area (Å²) in [4.78, 5) is 11.4. The molecule has 5 heteroatoms. The SMILES string of the molecule is COC(=O)c1ccc(CNC2CCCCC2SC)cc1F. The first-order valence-electron chi connectivity index (χ1n) is 7.28. The third-order valence-corrected chi connectivity index (χ3v) is 5.18. The highest BCUT2D eigenvalue weighted by molar-refractivity contribution is 7.99. The highest BCUT2D eigenvalue weighted by Gasteiger charge is 2.23. The van der Waals surface area contributed by atoms with Crippen molar-refractivity contribution < 1.29 is 13.9 Å². The fourth-order valence-electron chi connectivity index (χ4n) is 2.81. The Bertz CT molecular complexity index is 495. The zero-order valence-corrected chi connectivity index (χ0v) is 13.3. The topological polar surface area (TPSA) is 38.3 Å². The van der Waals surface area contributed by atoms with Crippen LogP contribution in [0.4, 0.5) is 4.39 Å². The first-order valence-corrected chi connectivity index (χ1v) is 8.57. The molecule has 2 unspecified atom stereocenters. The van der Waals surface area contributed by atoms with E-state index in [0.717, 1.165) is 5.56 Å². The van der Waals surface area contributed by atoms with Crippen LogP contribution in [0, 0.1) is 5.82 Å². The van der Waals surface area contributed by atoms with Crippen LogP contribution in [0.5, 0.6) is 0 Å². The number of hydrogen-bond donors (Lipinski definition) is 1. The summed E-state index contributed by atoms with van der Waals surface area (Å²) in [6, 6.07) is 5.16. The average molecular weight is 311 g/mol. The van der Waals surface area contributed by atoms with Gasteiger partial charge >= 0.3 is 5.97 Å². The van der Waals surface area contributed by atoms with E-state index in [1.807, 2.05) is 11.8 Å². The smallest absolute Gasteiger partial charge is 0.340 e. The summed E-state index contributed by atoms with van der Waals surface area (Å²) in [7, 11) is 1.25. The van der Waals surface area contributed by atoms with Gasteiger partial charge in [-0.2, -0.15) is 11.8 Å². The van der Waals surface area contributed by atoms with Crippen LogP contribution in [0.15, 0.2) is 18.2 Å². The minimum absolute atomic E-state index is 0.0130. The van der Waals surface area contributed by atoms with Crippen molar-refractivity contribution >= 4 is 17.7 Å². The summed E-state index contributed by atoms with van der Waals surface area (Å²) in [6.07, 6.45) is 7.12. The highest BCUT2D eigenvalue weighted by Crippen LogP contribution is 2.27. The normalized spacial score (nSPS) is 22.0. The minimum atomic E-state index is -0.637. The molecule has 0 amide bonds. The average Bonchev–Trinajstić information content (AvgIpc) is 2.52. The standard InChI is InChI=1S/C16H22FNO2S/c1-20-16(19)12-8-7-11(9-13(12)17)10-18-14-5-3-4-6-15(14)21-2/h7-9,14-15,18H,3-6,10H2,1-2H3. The number of methoxy groups -OCH3 is 1. The molecule has 1 N–H and O–H groups in total. The van der Waals surface area contributed by atoms with E-state index in [9.17, 15) is 9.18 Å².